The van der Waals surface area contributed by atoms with Gasteiger partial charge in [0, 0.05) is 13.0 Å². The molecule has 0 bridgehead atoms. The number of para-hydroxylation sites is 1. The minimum absolute atomic E-state index is 0. The Morgan fingerprint density at radius 2 is 2.00 bits per heavy atom. The predicted molar refractivity (Wildman–Crippen MR) is 94.5 cm³/mol. The highest BCUT2D eigenvalue weighted by molar-refractivity contribution is 9.10. The summed E-state index contributed by atoms with van der Waals surface area (Å²) in [5.74, 6) is 0.894. The quantitative estimate of drug-likeness (QED) is 0.700. The topological polar surface area (TPSA) is 64.3 Å². The molecule has 1 aromatic rings. The Kier molecular flexibility index (Phi) is 8.21. The second-order valence-electron chi connectivity index (χ2n) is 5.62. The molecule has 0 spiro atoms. The van der Waals surface area contributed by atoms with E-state index in [1.807, 2.05) is 24.3 Å². The number of hydrogen-bond donors (Lipinski definition) is 2. The number of nitrogens with one attached hydrogen (secondary N) is 1. The van der Waals surface area contributed by atoms with Crippen molar-refractivity contribution in [3.05, 3.63) is 28.7 Å². The second kappa shape index (κ2) is 9.38. The van der Waals surface area contributed by atoms with Gasteiger partial charge in [-0.15, -0.1) is 12.4 Å². The van der Waals surface area contributed by atoms with E-state index < -0.39 is 0 Å². The first-order valence-corrected chi connectivity index (χ1v) is 8.33. The van der Waals surface area contributed by atoms with Gasteiger partial charge >= 0.3 is 0 Å². The van der Waals surface area contributed by atoms with Crippen LogP contribution < -0.4 is 15.8 Å². The predicted octanol–water partition coefficient (Wildman–Crippen LogP) is 3.42. The molecule has 124 valence electrons. The molecular formula is C16H24BrClN2O2. The lowest BCUT2D eigenvalue weighted by molar-refractivity contribution is -0.123. The van der Waals surface area contributed by atoms with Crippen LogP contribution in [0.1, 0.15) is 38.5 Å². The van der Waals surface area contributed by atoms with Crippen molar-refractivity contribution in [2.45, 2.75) is 44.1 Å². The molecule has 0 saturated heterocycles. The maximum Gasteiger partial charge on any atom is 0.220 e. The van der Waals surface area contributed by atoms with E-state index in [1.54, 1.807) is 0 Å². The Bertz CT molecular complexity index is 479. The molecule has 4 nitrogen and oxygen atoms in total. The van der Waals surface area contributed by atoms with E-state index in [2.05, 4.69) is 21.2 Å². The molecule has 1 fully saturated rings. The van der Waals surface area contributed by atoms with E-state index in [0.717, 1.165) is 35.9 Å². The van der Waals surface area contributed by atoms with Crippen molar-refractivity contribution >= 4 is 34.2 Å². The summed E-state index contributed by atoms with van der Waals surface area (Å²) in [6.45, 7) is 1.07. The molecule has 0 aromatic heterocycles. The molecule has 1 amide bonds. The monoisotopic (exact) mass is 390 g/mol. The highest BCUT2D eigenvalue weighted by atomic mass is 79.9. The lowest BCUT2D eigenvalue weighted by Crippen LogP contribution is -2.51. The molecule has 0 atom stereocenters. The number of halogens is 2. The molecule has 1 aromatic carbocycles. The standard InChI is InChI=1S/C16H23BrN2O2.ClH/c17-13-6-1-2-7-14(13)21-11-5-8-15(20)19-16(12-18)9-3-4-10-16;/h1-2,6-7H,3-5,8-12,18H2,(H,19,20);1H. The fourth-order valence-corrected chi connectivity index (χ4v) is 3.17. The van der Waals surface area contributed by atoms with Gasteiger partial charge in [0.15, 0.2) is 0 Å². The zero-order valence-corrected chi connectivity index (χ0v) is 15.0. The Balaban J connectivity index is 0.00000242. The van der Waals surface area contributed by atoms with Crippen LogP contribution in [0.15, 0.2) is 28.7 Å². The van der Waals surface area contributed by atoms with Crippen LogP contribution in [-0.4, -0.2) is 24.6 Å². The average Bonchev–Trinajstić information content (AvgIpc) is 2.94. The van der Waals surface area contributed by atoms with Gasteiger partial charge in [0.1, 0.15) is 5.75 Å². The summed E-state index contributed by atoms with van der Waals surface area (Å²) in [7, 11) is 0. The summed E-state index contributed by atoms with van der Waals surface area (Å²) < 4.78 is 6.59. The third kappa shape index (κ3) is 5.45. The SMILES string of the molecule is Cl.NCC1(NC(=O)CCCOc2ccccc2Br)CCCC1. The molecule has 0 radical (unpaired) electrons. The Morgan fingerprint density at radius 3 is 2.64 bits per heavy atom. The maximum absolute atomic E-state index is 12.0. The smallest absolute Gasteiger partial charge is 0.220 e. The van der Waals surface area contributed by atoms with E-state index in [9.17, 15) is 4.79 Å². The molecule has 0 unspecified atom stereocenters. The number of carbonyl (C=O) groups is 1. The highest BCUT2D eigenvalue weighted by Gasteiger charge is 2.33. The zero-order chi connectivity index (χ0) is 15.1. The molecular weight excluding hydrogens is 368 g/mol. The summed E-state index contributed by atoms with van der Waals surface area (Å²) >= 11 is 3.43. The number of carbonyl (C=O) groups excluding carboxylic acids is 1. The molecule has 0 heterocycles. The minimum Gasteiger partial charge on any atom is -0.492 e. The van der Waals surface area contributed by atoms with Gasteiger partial charge < -0.3 is 15.8 Å². The summed E-state index contributed by atoms with van der Waals surface area (Å²) in [5.41, 5.74) is 5.67. The van der Waals surface area contributed by atoms with Gasteiger partial charge in [-0.2, -0.15) is 0 Å². The lowest BCUT2D eigenvalue weighted by atomic mass is 9.97. The van der Waals surface area contributed by atoms with Crippen molar-refractivity contribution in [3.8, 4) is 5.75 Å². The summed E-state index contributed by atoms with van der Waals surface area (Å²) in [5, 5.41) is 3.12. The molecule has 1 aliphatic rings. The number of rotatable bonds is 7. The highest BCUT2D eigenvalue weighted by Crippen LogP contribution is 2.28. The van der Waals surface area contributed by atoms with Gasteiger partial charge in [0.05, 0.1) is 16.6 Å². The number of benzene rings is 1. The van der Waals surface area contributed by atoms with Crippen LogP contribution in [0.2, 0.25) is 0 Å². The third-order valence-electron chi connectivity index (χ3n) is 4.00. The molecule has 3 N–H and O–H groups in total. The van der Waals surface area contributed by atoms with Crippen LogP contribution in [0.25, 0.3) is 0 Å². The summed E-state index contributed by atoms with van der Waals surface area (Å²) in [4.78, 5) is 12.0. The molecule has 2 rings (SSSR count). The first-order chi connectivity index (χ1) is 10.2. The van der Waals surface area contributed by atoms with Crippen LogP contribution in [0.5, 0.6) is 5.75 Å². The van der Waals surface area contributed by atoms with Crippen molar-refractivity contribution < 1.29 is 9.53 Å². The van der Waals surface area contributed by atoms with Crippen molar-refractivity contribution in [1.82, 2.24) is 5.32 Å². The van der Waals surface area contributed by atoms with Gasteiger partial charge in [-0.05, 0) is 47.3 Å². The van der Waals surface area contributed by atoms with Gasteiger partial charge in [-0.1, -0.05) is 25.0 Å². The molecule has 1 saturated carbocycles. The number of amides is 1. The van der Waals surface area contributed by atoms with Crippen LogP contribution in [0.3, 0.4) is 0 Å². The Hall–Kier alpha value is -0.780. The lowest BCUT2D eigenvalue weighted by Gasteiger charge is -2.28. The van der Waals surface area contributed by atoms with E-state index in [-0.39, 0.29) is 23.9 Å². The molecule has 1 aliphatic carbocycles. The van der Waals surface area contributed by atoms with Crippen molar-refractivity contribution in [2.75, 3.05) is 13.2 Å². The maximum atomic E-state index is 12.0. The molecule has 6 heteroatoms. The average molecular weight is 392 g/mol. The van der Waals surface area contributed by atoms with Gasteiger partial charge in [-0.25, -0.2) is 0 Å². The van der Waals surface area contributed by atoms with E-state index >= 15 is 0 Å². The minimum atomic E-state index is -0.152. The fourth-order valence-electron chi connectivity index (χ4n) is 2.77. The van der Waals surface area contributed by atoms with Crippen LogP contribution in [0, 0.1) is 0 Å². The van der Waals surface area contributed by atoms with E-state index in [1.165, 1.54) is 0 Å². The zero-order valence-electron chi connectivity index (χ0n) is 12.6. The summed E-state index contributed by atoms with van der Waals surface area (Å²) in [6, 6.07) is 7.72. The molecule has 22 heavy (non-hydrogen) atoms. The first-order valence-electron chi connectivity index (χ1n) is 7.54. The van der Waals surface area contributed by atoms with Crippen molar-refractivity contribution in [3.63, 3.8) is 0 Å². The van der Waals surface area contributed by atoms with E-state index in [0.29, 0.717) is 26.0 Å². The van der Waals surface area contributed by atoms with Crippen molar-refractivity contribution in [1.29, 1.82) is 0 Å². The van der Waals surface area contributed by atoms with Crippen molar-refractivity contribution in [2.24, 2.45) is 5.73 Å². The Labute approximate surface area is 146 Å². The van der Waals surface area contributed by atoms with Gasteiger partial charge in [0.25, 0.3) is 0 Å². The third-order valence-corrected chi connectivity index (χ3v) is 4.65. The van der Waals surface area contributed by atoms with Crippen LogP contribution in [-0.2, 0) is 4.79 Å². The van der Waals surface area contributed by atoms with Crippen LogP contribution in [0.4, 0.5) is 0 Å². The largest absolute Gasteiger partial charge is 0.492 e. The first kappa shape index (κ1) is 19.3. The number of hydrogen-bond acceptors (Lipinski definition) is 3. The molecule has 0 aliphatic heterocycles. The van der Waals surface area contributed by atoms with Gasteiger partial charge in [-0.3, -0.25) is 4.79 Å². The number of ether oxygens (including phenoxy) is 1. The number of nitrogens with two attached hydrogens (primary N) is 1. The Morgan fingerprint density at radius 1 is 1.32 bits per heavy atom. The summed E-state index contributed by atoms with van der Waals surface area (Å²) in [6.07, 6.45) is 5.50. The van der Waals surface area contributed by atoms with Crippen LogP contribution >= 0.6 is 28.3 Å². The normalized spacial score (nSPS) is 15.9. The van der Waals surface area contributed by atoms with Gasteiger partial charge in [0.2, 0.25) is 5.91 Å². The fraction of sp³-hybridized carbons (Fsp3) is 0.562. The van der Waals surface area contributed by atoms with E-state index in [4.69, 9.17) is 10.5 Å². The second-order valence-corrected chi connectivity index (χ2v) is 6.48.